The molecule has 0 fully saturated rings. The fraction of sp³-hybridized carbons (Fsp3) is 0.812. The van der Waals surface area contributed by atoms with Crippen LogP contribution in [0.2, 0.25) is 0 Å². The third kappa shape index (κ3) is 11.7. The van der Waals surface area contributed by atoms with Crippen LogP contribution in [0.1, 0.15) is 84.5 Å². The van der Waals surface area contributed by atoms with E-state index in [9.17, 15) is 4.79 Å². The first kappa shape index (κ1) is 17.2. The molecule has 0 radical (unpaired) electrons. The van der Waals surface area contributed by atoms with E-state index >= 15 is 0 Å². The van der Waals surface area contributed by atoms with Gasteiger partial charge >= 0.3 is 5.97 Å². The van der Waals surface area contributed by atoms with Gasteiger partial charge in [0.25, 0.3) is 0 Å². The van der Waals surface area contributed by atoms with Crippen molar-refractivity contribution in [2.75, 3.05) is 0 Å². The van der Waals surface area contributed by atoms with Crippen molar-refractivity contribution in [3.63, 3.8) is 0 Å². The number of unbranched alkanes of at least 4 members (excludes halogenated alkanes) is 6. The Morgan fingerprint density at radius 3 is 1.78 bits per heavy atom. The highest BCUT2D eigenvalue weighted by Crippen LogP contribution is 2.18. The summed E-state index contributed by atoms with van der Waals surface area (Å²) in [6, 6.07) is 0. The molecule has 0 aliphatic carbocycles. The van der Waals surface area contributed by atoms with Crippen LogP contribution in [-0.4, -0.2) is 11.1 Å². The van der Waals surface area contributed by atoms with Crippen molar-refractivity contribution >= 4 is 5.97 Å². The third-order valence-electron chi connectivity index (χ3n) is 3.27. The quantitative estimate of drug-likeness (QED) is 0.377. The van der Waals surface area contributed by atoms with Gasteiger partial charge in [-0.3, -0.25) is 4.79 Å². The molecule has 0 unspecified atom stereocenters. The van der Waals surface area contributed by atoms with Crippen LogP contribution in [0.4, 0.5) is 0 Å². The molecule has 0 rings (SSSR count). The second-order valence-electron chi connectivity index (χ2n) is 5.08. The van der Waals surface area contributed by atoms with Gasteiger partial charge in [0.05, 0.1) is 6.42 Å². The molecule has 0 saturated carbocycles. The van der Waals surface area contributed by atoms with Gasteiger partial charge in [0.1, 0.15) is 0 Å². The molecule has 0 amide bonds. The minimum atomic E-state index is -0.713. The molecule has 18 heavy (non-hydrogen) atoms. The van der Waals surface area contributed by atoms with Crippen LogP contribution in [-0.2, 0) is 4.79 Å². The molecule has 106 valence electrons. The minimum absolute atomic E-state index is 0.191. The first-order chi connectivity index (χ1) is 8.70. The van der Waals surface area contributed by atoms with Gasteiger partial charge in [-0.25, -0.2) is 0 Å². The third-order valence-corrected chi connectivity index (χ3v) is 3.27. The fourth-order valence-corrected chi connectivity index (χ4v) is 2.12. The number of carboxylic acids is 1. The first-order valence-electron chi connectivity index (χ1n) is 7.60. The molecule has 0 atom stereocenters. The molecule has 0 aliphatic rings. The Morgan fingerprint density at radius 2 is 1.39 bits per heavy atom. The van der Waals surface area contributed by atoms with E-state index in [2.05, 4.69) is 13.8 Å². The molecule has 1 N–H and O–H groups in total. The molecule has 0 heterocycles. The van der Waals surface area contributed by atoms with Crippen molar-refractivity contribution < 1.29 is 9.90 Å². The average Bonchev–Trinajstić information content (AvgIpc) is 2.35. The van der Waals surface area contributed by atoms with Crippen LogP contribution >= 0.6 is 0 Å². The monoisotopic (exact) mass is 254 g/mol. The predicted molar refractivity (Wildman–Crippen MR) is 77.9 cm³/mol. The molecule has 0 aromatic rings. The summed E-state index contributed by atoms with van der Waals surface area (Å²) < 4.78 is 0. The molecule has 0 spiro atoms. The zero-order chi connectivity index (χ0) is 13.6. The summed E-state index contributed by atoms with van der Waals surface area (Å²) in [7, 11) is 0. The van der Waals surface area contributed by atoms with Crippen molar-refractivity contribution in [1.82, 2.24) is 0 Å². The summed E-state index contributed by atoms with van der Waals surface area (Å²) in [5.41, 5.74) is 1.37. The van der Waals surface area contributed by atoms with Crippen molar-refractivity contribution in [2.45, 2.75) is 84.5 Å². The summed E-state index contributed by atoms with van der Waals surface area (Å²) in [5.74, 6) is -0.713. The largest absolute Gasteiger partial charge is 0.481 e. The van der Waals surface area contributed by atoms with Crippen LogP contribution in [0.25, 0.3) is 0 Å². The van der Waals surface area contributed by atoms with Crippen LogP contribution < -0.4 is 0 Å². The van der Waals surface area contributed by atoms with Crippen molar-refractivity contribution in [1.29, 1.82) is 0 Å². The maximum Gasteiger partial charge on any atom is 0.307 e. The molecule has 0 aliphatic heterocycles. The van der Waals surface area contributed by atoms with E-state index in [0.717, 1.165) is 12.8 Å². The topological polar surface area (TPSA) is 37.3 Å². The Bertz CT molecular complexity index is 217. The predicted octanol–water partition coefficient (Wildman–Crippen LogP) is 5.33. The summed E-state index contributed by atoms with van der Waals surface area (Å²) in [5, 5.41) is 8.74. The number of allylic oxidation sites excluding steroid dienone is 1. The molecule has 0 saturated heterocycles. The van der Waals surface area contributed by atoms with Gasteiger partial charge in [-0.2, -0.15) is 0 Å². The lowest BCUT2D eigenvalue weighted by molar-refractivity contribution is -0.136. The SMILES string of the molecule is CCCCCCC(=CCC(=O)O)CCCCCC. The lowest BCUT2D eigenvalue weighted by atomic mass is 9.99. The van der Waals surface area contributed by atoms with E-state index in [-0.39, 0.29) is 6.42 Å². The standard InChI is InChI=1S/C16H30O2/c1-3-5-7-9-11-15(13-14-16(17)18)12-10-8-6-4-2/h13H,3-12,14H2,1-2H3,(H,17,18). The van der Waals surface area contributed by atoms with Crippen LogP contribution in [0, 0.1) is 0 Å². The number of hydrogen-bond acceptors (Lipinski definition) is 1. The Labute approximate surface area is 112 Å². The molecule has 2 heteroatoms. The molecule has 0 aromatic heterocycles. The van der Waals surface area contributed by atoms with E-state index in [1.807, 2.05) is 6.08 Å². The molecule has 0 aromatic carbocycles. The normalized spacial score (nSPS) is 10.3. The average molecular weight is 254 g/mol. The summed E-state index contributed by atoms with van der Waals surface area (Å²) >= 11 is 0. The van der Waals surface area contributed by atoms with Gasteiger partial charge in [-0.15, -0.1) is 0 Å². The Balaban J connectivity index is 3.91. The van der Waals surface area contributed by atoms with Gasteiger partial charge < -0.3 is 5.11 Å². The van der Waals surface area contributed by atoms with Crippen LogP contribution in [0.5, 0.6) is 0 Å². The summed E-state index contributed by atoms with van der Waals surface area (Å²) in [6.07, 6.45) is 14.4. The second kappa shape index (κ2) is 12.7. The van der Waals surface area contributed by atoms with Gasteiger partial charge in [0.2, 0.25) is 0 Å². The van der Waals surface area contributed by atoms with E-state index in [4.69, 9.17) is 5.11 Å². The van der Waals surface area contributed by atoms with Crippen LogP contribution in [0.15, 0.2) is 11.6 Å². The van der Waals surface area contributed by atoms with Crippen LogP contribution in [0.3, 0.4) is 0 Å². The van der Waals surface area contributed by atoms with Gasteiger partial charge in [-0.05, 0) is 25.7 Å². The number of rotatable bonds is 12. The van der Waals surface area contributed by atoms with E-state index < -0.39 is 5.97 Å². The van der Waals surface area contributed by atoms with Gasteiger partial charge in [0.15, 0.2) is 0 Å². The smallest absolute Gasteiger partial charge is 0.307 e. The highest BCUT2D eigenvalue weighted by Gasteiger charge is 2.00. The van der Waals surface area contributed by atoms with Crippen molar-refractivity contribution in [2.24, 2.45) is 0 Å². The van der Waals surface area contributed by atoms with E-state index in [1.165, 1.54) is 56.9 Å². The maximum atomic E-state index is 10.6. The van der Waals surface area contributed by atoms with Gasteiger partial charge in [0, 0.05) is 0 Å². The molecular weight excluding hydrogens is 224 g/mol. The molecule has 2 nitrogen and oxygen atoms in total. The minimum Gasteiger partial charge on any atom is -0.481 e. The zero-order valence-electron chi connectivity index (χ0n) is 12.2. The summed E-state index contributed by atoms with van der Waals surface area (Å²) in [6.45, 7) is 4.43. The number of carboxylic acid groups (broad SMARTS) is 1. The molecular formula is C16H30O2. The number of aliphatic carboxylic acids is 1. The van der Waals surface area contributed by atoms with Gasteiger partial charge in [-0.1, -0.05) is 64.0 Å². The second-order valence-corrected chi connectivity index (χ2v) is 5.08. The molecule has 0 bridgehead atoms. The van der Waals surface area contributed by atoms with Crippen molar-refractivity contribution in [3.8, 4) is 0 Å². The van der Waals surface area contributed by atoms with E-state index in [1.54, 1.807) is 0 Å². The number of carbonyl (C=O) groups is 1. The summed E-state index contributed by atoms with van der Waals surface area (Å²) in [4.78, 5) is 10.6. The maximum absolute atomic E-state index is 10.6. The highest BCUT2D eigenvalue weighted by atomic mass is 16.4. The Morgan fingerprint density at radius 1 is 0.889 bits per heavy atom. The van der Waals surface area contributed by atoms with Crippen molar-refractivity contribution in [3.05, 3.63) is 11.6 Å². The number of hydrogen-bond donors (Lipinski definition) is 1. The lowest BCUT2D eigenvalue weighted by Crippen LogP contribution is -1.94. The highest BCUT2D eigenvalue weighted by molar-refractivity contribution is 5.68. The lowest BCUT2D eigenvalue weighted by Gasteiger charge is -2.07. The van der Waals surface area contributed by atoms with E-state index in [0.29, 0.717) is 0 Å². The zero-order valence-corrected chi connectivity index (χ0v) is 12.2. The first-order valence-corrected chi connectivity index (χ1v) is 7.60. The Hall–Kier alpha value is -0.790. The Kier molecular flexibility index (Phi) is 12.1. The fourth-order valence-electron chi connectivity index (χ4n) is 2.12.